The van der Waals surface area contributed by atoms with Crippen molar-refractivity contribution < 1.29 is 4.74 Å². The zero-order valence-electron chi connectivity index (χ0n) is 12.4. The fraction of sp³-hybridized carbons (Fsp3) is 0.353. The van der Waals surface area contributed by atoms with Gasteiger partial charge in [0.15, 0.2) is 0 Å². The van der Waals surface area contributed by atoms with Gasteiger partial charge in [0, 0.05) is 24.3 Å². The Kier molecular flexibility index (Phi) is 5.13. The van der Waals surface area contributed by atoms with Crippen LogP contribution in [0.3, 0.4) is 0 Å². The average molecular weight is 270 g/mol. The van der Waals surface area contributed by atoms with Gasteiger partial charge in [0.05, 0.1) is 12.8 Å². The highest BCUT2D eigenvalue weighted by atomic mass is 16.5. The van der Waals surface area contributed by atoms with Gasteiger partial charge in [-0.1, -0.05) is 31.2 Å². The predicted molar refractivity (Wildman–Crippen MR) is 81.8 cm³/mol. The lowest BCUT2D eigenvalue weighted by Crippen LogP contribution is -2.21. The standard InChI is InChI=1S/C17H22N2O/c1-4-16(15-7-5-6-8-17(15)20-3)19-12-14-10-9-13(2)11-18-14/h5-11,16,19H,4,12H2,1-3H3. The molecule has 0 fully saturated rings. The molecule has 0 spiro atoms. The first-order chi connectivity index (χ1) is 9.74. The smallest absolute Gasteiger partial charge is 0.123 e. The summed E-state index contributed by atoms with van der Waals surface area (Å²) in [6.45, 7) is 4.98. The molecule has 1 aromatic carbocycles. The zero-order valence-corrected chi connectivity index (χ0v) is 12.4. The van der Waals surface area contributed by atoms with Crippen molar-refractivity contribution in [2.24, 2.45) is 0 Å². The fourth-order valence-corrected chi connectivity index (χ4v) is 2.26. The molecule has 1 heterocycles. The monoisotopic (exact) mass is 270 g/mol. The Hall–Kier alpha value is -1.87. The third-order valence-electron chi connectivity index (χ3n) is 3.42. The van der Waals surface area contributed by atoms with E-state index in [0.717, 1.165) is 24.4 Å². The molecule has 0 saturated heterocycles. The number of para-hydroxylation sites is 1. The Labute approximate surface area is 121 Å². The van der Waals surface area contributed by atoms with E-state index in [1.807, 2.05) is 31.3 Å². The highest BCUT2D eigenvalue weighted by Crippen LogP contribution is 2.26. The summed E-state index contributed by atoms with van der Waals surface area (Å²) in [7, 11) is 1.72. The molecule has 0 aliphatic carbocycles. The molecule has 0 aliphatic heterocycles. The lowest BCUT2D eigenvalue weighted by Gasteiger charge is -2.19. The van der Waals surface area contributed by atoms with Gasteiger partial charge in [0.2, 0.25) is 0 Å². The van der Waals surface area contributed by atoms with Crippen LogP contribution in [0.2, 0.25) is 0 Å². The summed E-state index contributed by atoms with van der Waals surface area (Å²) in [5.41, 5.74) is 3.44. The number of nitrogens with one attached hydrogen (secondary N) is 1. The van der Waals surface area contributed by atoms with Gasteiger partial charge in [-0.05, 0) is 31.0 Å². The number of methoxy groups -OCH3 is 1. The Morgan fingerprint density at radius 3 is 2.65 bits per heavy atom. The van der Waals surface area contributed by atoms with Crippen molar-refractivity contribution in [1.82, 2.24) is 10.3 Å². The van der Waals surface area contributed by atoms with Crippen molar-refractivity contribution in [3.63, 3.8) is 0 Å². The molecule has 1 aromatic heterocycles. The second-order valence-corrected chi connectivity index (χ2v) is 4.91. The number of hydrogen-bond acceptors (Lipinski definition) is 3. The maximum absolute atomic E-state index is 5.44. The van der Waals surface area contributed by atoms with E-state index in [2.05, 4.69) is 35.4 Å². The summed E-state index contributed by atoms with van der Waals surface area (Å²) in [6.07, 6.45) is 2.91. The van der Waals surface area contributed by atoms with Crippen molar-refractivity contribution in [3.8, 4) is 5.75 Å². The van der Waals surface area contributed by atoms with Gasteiger partial charge in [0.1, 0.15) is 5.75 Å². The van der Waals surface area contributed by atoms with Crippen LogP contribution in [0.4, 0.5) is 0 Å². The molecule has 106 valence electrons. The lowest BCUT2D eigenvalue weighted by atomic mass is 10.0. The molecule has 2 aromatic rings. The Morgan fingerprint density at radius 1 is 1.20 bits per heavy atom. The van der Waals surface area contributed by atoms with Crippen molar-refractivity contribution in [1.29, 1.82) is 0 Å². The number of aryl methyl sites for hydroxylation is 1. The molecule has 0 amide bonds. The maximum Gasteiger partial charge on any atom is 0.123 e. The van der Waals surface area contributed by atoms with Crippen molar-refractivity contribution in [3.05, 3.63) is 59.4 Å². The van der Waals surface area contributed by atoms with Crippen LogP contribution in [0.1, 0.15) is 36.2 Å². The first-order valence-corrected chi connectivity index (χ1v) is 7.02. The van der Waals surface area contributed by atoms with E-state index < -0.39 is 0 Å². The van der Waals surface area contributed by atoms with Gasteiger partial charge < -0.3 is 10.1 Å². The van der Waals surface area contributed by atoms with E-state index >= 15 is 0 Å². The van der Waals surface area contributed by atoms with E-state index in [1.54, 1.807) is 7.11 Å². The molecule has 2 rings (SSSR count). The average Bonchev–Trinajstić information content (AvgIpc) is 2.50. The largest absolute Gasteiger partial charge is 0.496 e. The molecule has 20 heavy (non-hydrogen) atoms. The minimum Gasteiger partial charge on any atom is -0.496 e. The molecular weight excluding hydrogens is 248 g/mol. The van der Waals surface area contributed by atoms with E-state index in [9.17, 15) is 0 Å². The fourth-order valence-electron chi connectivity index (χ4n) is 2.26. The Morgan fingerprint density at radius 2 is 2.00 bits per heavy atom. The van der Waals surface area contributed by atoms with E-state index in [1.165, 1.54) is 11.1 Å². The third kappa shape index (κ3) is 3.58. The number of pyridine rings is 1. The number of rotatable bonds is 6. The highest BCUT2D eigenvalue weighted by molar-refractivity contribution is 5.35. The van der Waals surface area contributed by atoms with Crippen LogP contribution in [-0.4, -0.2) is 12.1 Å². The molecule has 1 unspecified atom stereocenters. The van der Waals surface area contributed by atoms with Crippen molar-refractivity contribution in [2.75, 3.05) is 7.11 Å². The number of aromatic nitrogens is 1. The quantitative estimate of drug-likeness (QED) is 0.870. The number of nitrogens with zero attached hydrogens (tertiary/aromatic N) is 1. The van der Waals surface area contributed by atoms with Crippen LogP contribution in [0.5, 0.6) is 5.75 Å². The Bertz CT molecular complexity index is 537. The third-order valence-corrected chi connectivity index (χ3v) is 3.42. The molecule has 3 nitrogen and oxygen atoms in total. The normalized spacial score (nSPS) is 12.2. The predicted octanol–water partition coefficient (Wildman–Crippen LogP) is 3.64. The topological polar surface area (TPSA) is 34.2 Å². The zero-order chi connectivity index (χ0) is 14.4. The number of hydrogen-bond donors (Lipinski definition) is 1. The van der Waals surface area contributed by atoms with Gasteiger partial charge in [-0.25, -0.2) is 0 Å². The molecular formula is C17H22N2O. The lowest BCUT2D eigenvalue weighted by molar-refractivity contribution is 0.396. The summed E-state index contributed by atoms with van der Waals surface area (Å²) >= 11 is 0. The van der Waals surface area contributed by atoms with E-state index in [0.29, 0.717) is 0 Å². The molecule has 1 atom stereocenters. The first kappa shape index (κ1) is 14.5. The van der Waals surface area contributed by atoms with Crippen LogP contribution in [-0.2, 0) is 6.54 Å². The molecule has 1 N–H and O–H groups in total. The Balaban J connectivity index is 2.07. The second-order valence-electron chi connectivity index (χ2n) is 4.91. The number of ether oxygens (including phenoxy) is 1. The van der Waals surface area contributed by atoms with Crippen LogP contribution in [0.25, 0.3) is 0 Å². The molecule has 0 bridgehead atoms. The minimum atomic E-state index is 0.272. The van der Waals surface area contributed by atoms with Crippen LogP contribution >= 0.6 is 0 Å². The summed E-state index contributed by atoms with van der Waals surface area (Å²) in [5.74, 6) is 0.934. The molecule has 3 heteroatoms. The van der Waals surface area contributed by atoms with E-state index in [-0.39, 0.29) is 6.04 Å². The first-order valence-electron chi connectivity index (χ1n) is 7.02. The van der Waals surface area contributed by atoms with Gasteiger partial charge in [-0.3, -0.25) is 4.98 Å². The summed E-state index contributed by atoms with van der Waals surface area (Å²) in [5, 5.41) is 3.55. The van der Waals surface area contributed by atoms with E-state index in [4.69, 9.17) is 4.74 Å². The maximum atomic E-state index is 5.44. The van der Waals surface area contributed by atoms with Crippen LogP contribution in [0.15, 0.2) is 42.6 Å². The molecule has 0 aliphatic rings. The molecule has 0 radical (unpaired) electrons. The summed E-state index contributed by atoms with van der Waals surface area (Å²) in [6, 6.07) is 12.6. The SMILES string of the molecule is CCC(NCc1ccc(C)cn1)c1ccccc1OC. The second kappa shape index (κ2) is 7.06. The van der Waals surface area contributed by atoms with Crippen molar-refractivity contribution >= 4 is 0 Å². The van der Waals surface area contributed by atoms with Gasteiger partial charge >= 0.3 is 0 Å². The van der Waals surface area contributed by atoms with Gasteiger partial charge in [0.25, 0.3) is 0 Å². The summed E-state index contributed by atoms with van der Waals surface area (Å²) in [4.78, 5) is 4.43. The van der Waals surface area contributed by atoms with Gasteiger partial charge in [-0.2, -0.15) is 0 Å². The van der Waals surface area contributed by atoms with Crippen LogP contribution in [0, 0.1) is 6.92 Å². The molecule has 0 saturated carbocycles. The van der Waals surface area contributed by atoms with Crippen molar-refractivity contribution in [2.45, 2.75) is 32.9 Å². The highest BCUT2D eigenvalue weighted by Gasteiger charge is 2.13. The van der Waals surface area contributed by atoms with Crippen LogP contribution < -0.4 is 10.1 Å². The van der Waals surface area contributed by atoms with Gasteiger partial charge in [-0.15, -0.1) is 0 Å². The minimum absolute atomic E-state index is 0.272. The summed E-state index contributed by atoms with van der Waals surface area (Å²) < 4.78 is 5.44. The number of benzene rings is 1.